The third-order valence-corrected chi connectivity index (χ3v) is 4.29. The van der Waals surface area contributed by atoms with Crippen molar-refractivity contribution in [2.45, 2.75) is 0 Å². The number of amides is 1. The minimum Gasteiger partial charge on any atom is -0.475 e. The summed E-state index contributed by atoms with van der Waals surface area (Å²) in [4.78, 5) is 11.9. The molecule has 1 amide bonds. The van der Waals surface area contributed by atoms with E-state index in [-0.39, 0.29) is 30.7 Å². The third-order valence-electron chi connectivity index (χ3n) is 4.29. The fourth-order valence-corrected chi connectivity index (χ4v) is 2.76. The van der Waals surface area contributed by atoms with E-state index in [2.05, 4.69) is 20.6 Å². The number of halogens is 2. The van der Waals surface area contributed by atoms with Crippen LogP contribution in [0.5, 0.6) is 5.88 Å². The summed E-state index contributed by atoms with van der Waals surface area (Å²) in [6.45, 7) is 0.460. The van der Waals surface area contributed by atoms with Gasteiger partial charge >= 0.3 is 0 Å². The maximum atomic E-state index is 13.2. The number of rotatable bonds is 7. The molecule has 0 spiro atoms. The smallest absolute Gasteiger partial charge is 0.244 e. The second kappa shape index (κ2) is 9.12. The van der Waals surface area contributed by atoms with Gasteiger partial charge in [0.2, 0.25) is 11.8 Å². The van der Waals surface area contributed by atoms with Crippen LogP contribution in [0, 0.1) is 11.6 Å². The molecule has 156 valence electrons. The Morgan fingerprint density at radius 1 is 0.968 bits per heavy atom. The molecule has 31 heavy (non-hydrogen) atoms. The number of carbonyl (C=O) groups is 1. The lowest BCUT2D eigenvalue weighted by atomic mass is 10.2. The van der Waals surface area contributed by atoms with Crippen molar-refractivity contribution >= 4 is 17.6 Å². The van der Waals surface area contributed by atoms with Crippen molar-refractivity contribution in [2.24, 2.45) is 0 Å². The molecule has 4 aromatic rings. The first-order valence-electron chi connectivity index (χ1n) is 9.41. The van der Waals surface area contributed by atoms with E-state index in [1.807, 2.05) is 0 Å². The highest BCUT2D eigenvalue weighted by Crippen LogP contribution is 2.19. The number of hydrogen-bond acceptors (Lipinski definition) is 5. The van der Waals surface area contributed by atoms with Gasteiger partial charge in [0.05, 0.1) is 6.54 Å². The summed E-state index contributed by atoms with van der Waals surface area (Å²) in [5.74, 6) is -0.189. The van der Waals surface area contributed by atoms with Crippen LogP contribution >= 0.6 is 0 Å². The van der Waals surface area contributed by atoms with Gasteiger partial charge in [-0.15, -0.1) is 15.3 Å². The lowest BCUT2D eigenvalue weighted by Crippen LogP contribution is -2.26. The Labute approximate surface area is 176 Å². The van der Waals surface area contributed by atoms with Gasteiger partial charge in [-0.25, -0.2) is 8.78 Å². The molecule has 0 radical (unpaired) electrons. The van der Waals surface area contributed by atoms with E-state index in [0.717, 1.165) is 5.56 Å². The lowest BCUT2D eigenvalue weighted by molar-refractivity contribution is -0.116. The summed E-state index contributed by atoms with van der Waals surface area (Å²) in [6, 6.07) is 15.0. The third kappa shape index (κ3) is 5.08. The largest absolute Gasteiger partial charge is 0.475 e. The molecule has 0 aliphatic heterocycles. The van der Waals surface area contributed by atoms with Gasteiger partial charge in [-0.3, -0.25) is 4.79 Å². The molecule has 0 unspecified atom stereocenters. The molecule has 0 atom stereocenters. The highest BCUT2D eigenvalue weighted by molar-refractivity contribution is 5.91. The van der Waals surface area contributed by atoms with E-state index in [0.29, 0.717) is 22.9 Å². The number of ether oxygens (including phenoxy) is 1. The molecule has 9 heteroatoms. The number of aromatic nitrogens is 4. The predicted octanol–water partition coefficient (Wildman–Crippen LogP) is 3.28. The molecule has 2 aromatic heterocycles. The van der Waals surface area contributed by atoms with Crippen LogP contribution < -0.4 is 10.1 Å². The quantitative estimate of drug-likeness (QED) is 0.366. The Morgan fingerprint density at radius 3 is 2.42 bits per heavy atom. The minimum atomic E-state index is -0.343. The van der Waals surface area contributed by atoms with Gasteiger partial charge in [-0.05, 0) is 54.1 Å². The Bertz CT molecular complexity index is 1220. The zero-order valence-electron chi connectivity index (χ0n) is 16.2. The Kier molecular flexibility index (Phi) is 5.93. The highest BCUT2D eigenvalue weighted by atomic mass is 19.1. The fraction of sp³-hybridized carbons (Fsp3) is 0.0909. The number of hydrogen-bond donors (Lipinski definition) is 1. The predicted molar refractivity (Wildman–Crippen MR) is 110 cm³/mol. The van der Waals surface area contributed by atoms with Gasteiger partial charge in [0, 0.05) is 17.7 Å². The molecule has 2 aromatic carbocycles. The van der Waals surface area contributed by atoms with Crippen LogP contribution in [0.4, 0.5) is 8.78 Å². The average molecular weight is 421 g/mol. The number of nitrogens with zero attached hydrogens (tertiary/aromatic N) is 4. The van der Waals surface area contributed by atoms with Crippen LogP contribution in [-0.2, 0) is 4.79 Å². The van der Waals surface area contributed by atoms with Crippen molar-refractivity contribution < 1.29 is 18.3 Å². The van der Waals surface area contributed by atoms with Crippen LogP contribution in [0.2, 0.25) is 0 Å². The molecule has 2 heterocycles. The summed E-state index contributed by atoms with van der Waals surface area (Å²) in [7, 11) is 0. The molecule has 0 aliphatic carbocycles. The fourth-order valence-electron chi connectivity index (χ4n) is 2.76. The molecule has 0 bridgehead atoms. The Morgan fingerprint density at radius 2 is 1.68 bits per heavy atom. The van der Waals surface area contributed by atoms with E-state index in [1.165, 1.54) is 34.9 Å². The topological polar surface area (TPSA) is 81.4 Å². The Balaban J connectivity index is 1.33. The second-order valence-electron chi connectivity index (χ2n) is 6.50. The summed E-state index contributed by atoms with van der Waals surface area (Å²) >= 11 is 0. The normalized spacial score (nSPS) is 11.2. The van der Waals surface area contributed by atoms with E-state index in [9.17, 15) is 13.6 Å². The number of fused-ring (bicyclic) bond motifs is 1. The summed E-state index contributed by atoms with van der Waals surface area (Å²) in [5.41, 5.74) is 1.90. The minimum absolute atomic E-state index is 0.197. The van der Waals surface area contributed by atoms with E-state index in [1.54, 1.807) is 42.5 Å². The first-order chi connectivity index (χ1) is 15.1. The van der Waals surface area contributed by atoms with Crippen molar-refractivity contribution in [3.05, 3.63) is 83.9 Å². The maximum Gasteiger partial charge on any atom is 0.244 e. The van der Waals surface area contributed by atoms with Gasteiger partial charge in [-0.2, -0.15) is 4.52 Å². The van der Waals surface area contributed by atoms with Crippen molar-refractivity contribution in [3.63, 3.8) is 0 Å². The number of nitrogens with one attached hydrogen (secondary N) is 1. The van der Waals surface area contributed by atoms with Crippen LogP contribution in [0.1, 0.15) is 5.56 Å². The molecule has 0 saturated heterocycles. The highest BCUT2D eigenvalue weighted by Gasteiger charge is 2.10. The molecular formula is C22H17F2N5O2. The molecule has 0 saturated carbocycles. The monoisotopic (exact) mass is 421 g/mol. The van der Waals surface area contributed by atoms with Crippen molar-refractivity contribution in [3.8, 4) is 17.3 Å². The molecule has 0 aliphatic rings. The molecule has 1 N–H and O–H groups in total. The van der Waals surface area contributed by atoms with Gasteiger partial charge in [0.1, 0.15) is 18.2 Å². The summed E-state index contributed by atoms with van der Waals surface area (Å²) < 4.78 is 33.1. The van der Waals surface area contributed by atoms with Gasteiger partial charge < -0.3 is 10.1 Å². The van der Waals surface area contributed by atoms with Crippen LogP contribution in [0.15, 0.2) is 66.7 Å². The molecule has 4 rings (SSSR count). The number of carbonyl (C=O) groups excluding carboxylic acids is 1. The van der Waals surface area contributed by atoms with Gasteiger partial charge in [0.25, 0.3) is 0 Å². The summed E-state index contributed by atoms with van der Waals surface area (Å²) in [5, 5.41) is 15.2. The molecular weight excluding hydrogens is 404 g/mol. The Hall–Kier alpha value is -4.14. The van der Waals surface area contributed by atoms with E-state index in [4.69, 9.17) is 4.74 Å². The second-order valence-corrected chi connectivity index (χ2v) is 6.50. The van der Waals surface area contributed by atoms with E-state index >= 15 is 0 Å². The van der Waals surface area contributed by atoms with Crippen LogP contribution in [-0.4, -0.2) is 38.9 Å². The first-order valence-corrected chi connectivity index (χ1v) is 9.41. The molecule has 0 fully saturated rings. The first kappa shape index (κ1) is 20.1. The SMILES string of the molecule is O=C(/C=C/c1ccc(F)cc1)NCCOc1ccc2nnc(-c3ccc(F)cc3)n2n1. The van der Waals surface area contributed by atoms with Crippen LogP contribution in [0.3, 0.4) is 0 Å². The van der Waals surface area contributed by atoms with Crippen molar-refractivity contribution in [2.75, 3.05) is 13.2 Å². The van der Waals surface area contributed by atoms with Gasteiger partial charge in [-0.1, -0.05) is 12.1 Å². The van der Waals surface area contributed by atoms with Crippen LogP contribution in [0.25, 0.3) is 23.1 Å². The van der Waals surface area contributed by atoms with E-state index < -0.39 is 0 Å². The zero-order valence-corrected chi connectivity index (χ0v) is 16.2. The average Bonchev–Trinajstić information content (AvgIpc) is 3.20. The number of benzene rings is 2. The molecule has 7 nitrogen and oxygen atoms in total. The lowest BCUT2D eigenvalue weighted by Gasteiger charge is -2.06. The van der Waals surface area contributed by atoms with Crippen molar-refractivity contribution in [1.29, 1.82) is 0 Å². The summed E-state index contributed by atoms with van der Waals surface area (Å²) in [6.07, 6.45) is 2.96. The standard InChI is InChI=1S/C22H17F2N5O2/c23-17-6-1-15(2-7-17)3-11-20(30)25-13-14-31-21-12-10-19-26-27-22(29(19)28-21)16-4-8-18(24)9-5-16/h1-12H,13-14H2,(H,25,30)/b11-3+. The maximum absolute atomic E-state index is 13.2. The van der Waals surface area contributed by atoms with Crippen molar-refractivity contribution in [1.82, 2.24) is 25.1 Å². The zero-order chi connectivity index (χ0) is 21.6. The van der Waals surface area contributed by atoms with Gasteiger partial charge in [0.15, 0.2) is 11.5 Å².